The van der Waals surface area contributed by atoms with Crippen LogP contribution in [-0.4, -0.2) is 16.7 Å². The summed E-state index contributed by atoms with van der Waals surface area (Å²) < 4.78 is 5.45. The summed E-state index contributed by atoms with van der Waals surface area (Å²) in [5, 5.41) is 11.5. The summed E-state index contributed by atoms with van der Waals surface area (Å²) in [5.74, 6) is -0.974. The van der Waals surface area contributed by atoms with E-state index in [-0.39, 0.29) is 17.7 Å². The summed E-state index contributed by atoms with van der Waals surface area (Å²) in [7, 11) is 0. The van der Waals surface area contributed by atoms with E-state index in [0.29, 0.717) is 5.58 Å². The molecular formula is C19H17N3O5. The van der Waals surface area contributed by atoms with Gasteiger partial charge in [0.15, 0.2) is 0 Å². The Morgan fingerprint density at radius 1 is 1.11 bits per heavy atom. The molecular weight excluding hydrogens is 350 g/mol. The van der Waals surface area contributed by atoms with Crippen LogP contribution in [0.5, 0.6) is 0 Å². The fourth-order valence-corrected chi connectivity index (χ4v) is 2.64. The molecule has 0 unspecified atom stereocenters. The number of carbonyl (C=O) groups is 2. The van der Waals surface area contributed by atoms with Crippen LogP contribution in [0.1, 0.15) is 28.4 Å². The molecule has 0 saturated carbocycles. The van der Waals surface area contributed by atoms with E-state index < -0.39 is 16.7 Å². The predicted octanol–water partition coefficient (Wildman–Crippen LogP) is 2.91. The van der Waals surface area contributed by atoms with Crippen molar-refractivity contribution in [2.45, 2.75) is 19.8 Å². The second-order valence-electron chi connectivity index (χ2n) is 5.93. The van der Waals surface area contributed by atoms with Gasteiger partial charge < -0.3 is 4.42 Å². The van der Waals surface area contributed by atoms with Gasteiger partial charge in [0.2, 0.25) is 5.91 Å². The summed E-state index contributed by atoms with van der Waals surface area (Å²) >= 11 is 0. The number of hydrogen-bond acceptors (Lipinski definition) is 5. The molecule has 2 amide bonds. The van der Waals surface area contributed by atoms with E-state index in [1.165, 1.54) is 30.5 Å². The average Bonchev–Trinajstić information content (AvgIpc) is 3.08. The van der Waals surface area contributed by atoms with Crippen molar-refractivity contribution in [2.24, 2.45) is 0 Å². The molecule has 2 N–H and O–H groups in total. The van der Waals surface area contributed by atoms with Crippen LogP contribution in [-0.2, 0) is 17.6 Å². The number of nitrogens with one attached hydrogen (secondary N) is 2. The zero-order valence-corrected chi connectivity index (χ0v) is 14.5. The minimum atomic E-state index is -0.566. The highest BCUT2D eigenvalue weighted by Gasteiger charge is 2.13. The molecule has 0 aliphatic carbocycles. The number of amides is 2. The Hall–Kier alpha value is -3.68. The summed E-state index contributed by atoms with van der Waals surface area (Å²) in [6.45, 7) is 2.04. The summed E-state index contributed by atoms with van der Waals surface area (Å²) in [4.78, 5) is 34.2. The van der Waals surface area contributed by atoms with Gasteiger partial charge in [-0.3, -0.25) is 30.6 Å². The third kappa shape index (κ3) is 4.12. The van der Waals surface area contributed by atoms with Gasteiger partial charge in [-0.1, -0.05) is 13.0 Å². The first kappa shape index (κ1) is 18.1. The largest absolute Gasteiger partial charge is 0.464 e. The lowest BCUT2D eigenvalue weighted by Crippen LogP contribution is -2.42. The summed E-state index contributed by atoms with van der Waals surface area (Å²) in [5.41, 5.74) is 7.27. The maximum atomic E-state index is 12.1. The predicted molar refractivity (Wildman–Crippen MR) is 98.0 cm³/mol. The minimum absolute atomic E-state index is 0.0424. The maximum absolute atomic E-state index is 12.1. The highest BCUT2D eigenvalue weighted by molar-refractivity contribution is 5.96. The number of carbonyl (C=O) groups excluding carboxylic acids is 2. The number of nitro groups is 1. The molecule has 2 aromatic carbocycles. The Bertz CT molecular complexity index is 1010. The Balaban J connectivity index is 1.61. The highest BCUT2D eigenvalue weighted by atomic mass is 16.6. The average molecular weight is 367 g/mol. The monoisotopic (exact) mass is 367 g/mol. The topological polar surface area (TPSA) is 114 Å². The first-order valence-corrected chi connectivity index (χ1v) is 8.30. The fraction of sp³-hybridized carbons (Fsp3) is 0.158. The summed E-state index contributed by atoms with van der Waals surface area (Å²) in [6.07, 6.45) is 2.45. The van der Waals surface area contributed by atoms with Crippen LogP contribution in [0, 0.1) is 10.1 Å². The van der Waals surface area contributed by atoms with Crippen molar-refractivity contribution in [3.05, 3.63) is 75.5 Å². The van der Waals surface area contributed by atoms with E-state index in [1.807, 2.05) is 25.1 Å². The second kappa shape index (κ2) is 7.69. The van der Waals surface area contributed by atoms with Gasteiger partial charge in [0.05, 0.1) is 17.6 Å². The van der Waals surface area contributed by atoms with Crippen LogP contribution in [0.4, 0.5) is 5.69 Å². The van der Waals surface area contributed by atoms with Crippen molar-refractivity contribution in [3.63, 3.8) is 0 Å². The molecule has 138 valence electrons. The first-order valence-electron chi connectivity index (χ1n) is 8.30. The van der Waals surface area contributed by atoms with Gasteiger partial charge in [0.1, 0.15) is 5.58 Å². The number of nitrogens with zero attached hydrogens (tertiary/aromatic N) is 1. The lowest BCUT2D eigenvalue weighted by atomic mass is 10.1. The van der Waals surface area contributed by atoms with Crippen molar-refractivity contribution >= 4 is 28.5 Å². The van der Waals surface area contributed by atoms with E-state index in [1.54, 1.807) is 0 Å². The van der Waals surface area contributed by atoms with E-state index in [9.17, 15) is 19.7 Å². The smallest absolute Gasteiger partial charge is 0.269 e. The Morgan fingerprint density at radius 2 is 1.85 bits per heavy atom. The molecule has 0 fully saturated rings. The lowest BCUT2D eigenvalue weighted by molar-refractivity contribution is -0.384. The minimum Gasteiger partial charge on any atom is -0.464 e. The Labute approximate surface area is 154 Å². The number of nitro benzene ring substituents is 1. The third-order valence-corrected chi connectivity index (χ3v) is 4.13. The molecule has 0 bridgehead atoms. The number of hydrogen-bond donors (Lipinski definition) is 2. The number of rotatable bonds is 5. The number of benzene rings is 2. The molecule has 1 aromatic heterocycles. The van der Waals surface area contributed by atoms with Crippen LogP contribution < -0.4 is 10.9 Å². The van der Waals surface area contributed by atoms with Gasteiger partial charge in [-0.15, -0.1) is 0 Å². The van der Waals surface area contributed by atoms with Gasteiger partial charge in [-0.25, -0.2) is 0 Å². The molecule has 0 saturated heterocycles. The van der Waals surface area contributed by atoms with E-state index in [4.69, 9.17) is 4.42 Å². The van der Waals surface area contributed by atoms with Crippen molar-refractivity contribution < 1.29 is 18.9 Å². The molecule has 3 aromatic rings. The molecule has 0 aliphatic heterocycles. The van der Waals surface area contributed by atoms with E-state index in [0.717, 1.165) is 22.9 Å². The SMILES string of the molecule is CCc1ccc2occ(CC(=O)NNC(=O)c3ccc([N+](=O)[O-])cc3)c2c1. The third-order valence-electron chi connectivity index (χ3n) is 4.13. The number of non-ortho nitro benzene ring substituents is 1. The van der Waals surface area contributed by atoms with Crippen molar-refractivity contribution in [1.29, 1.82) is 0 Å². The molecule has 0 radical (unpaired) electrons. The normalized spacial score (nSPS) is 10.6. The molecule has 27 heavy (non-hydrogen) atoms. The van der Waals surface area contributed by atoms with Gasteiger partial charge in [0.25, 0.3) is 11.6 Å². The number of fused-ring (bicyclic) bond motifs is 1. The Morgan fingerprint density at radius 3 is 2.52 bits per heavy atom. The van der Waals surface area contributed by atoms with Gasteiger partial charge in [-0.2, -0.15) is 0 Å². The highest BCUT2D eigenvalue weighted by Crippen LogP contribution is 2.23. The number of furan rings is 1. The van der Waals surface area contributed by atoms with Crippen molar-refractivity contribution in [3.8, 4) is 0 Å². The van der Waals surface area contributed by atoms with Crippen LogP contribution in [0.25, 0.3) is 11.0 Å². The fourth-order valence-electron chi connectivity index (χ4n) is 2.64. The zero-order valence-electron chi connectivity index (χ0n) is 14.5. The van der Waals surface area contributed by atoms with Crippen molar-refractivity contribution in [1.82, 2.24) is 10.9 Å². The molecule has 3 rings (SSSR count). The molecule has 1 heterocycles. The first-order chi connectivity index (χ1) is 13.0. The van der Waals surface area contributed by atoms with Gasteiger partial charge in [-0.05, 0) is 36.2 Å². The van der Waals surface area contributed by atoms with Gasteiger partial charge in [0, 0.05) is 28.6 Å². The zero-order chi connectivity index (χ0) is 19.4. The van der Waals surface area contributed by atoms with E-state index in [2.05, 4.69) is 10.9 Å². The molecule has 8 heteroatoms. The van der Waals surface area contributed by atoms with Crippen LogP contribution in [0.3, 0.4) is 0 Å². The van der Waals surface area contributed by atoms with Crippen LogP contribution >= 0.6 is 0 Å². The van der Waals surface area contributed by atoms with E-state index >= 15 is 0 Å². The maximum Gasteiger partial charge on any atom is 0.269 e. The lowest BCUT2D eigenvalue weighted by Gasteiger charge is -2.07. The quantitative estimate of drug-likeness (QED) is 0.531. The Kier molecular flexibility index (Phi) is 5.16. The summed E-state index contributed by atoms with van der Waals surface area (Å²) in [6, 6.07) is 10.9. The second-order valence-corrected chi connectivity index (χ2v) is 5.93. The van der Waals surface area contributed by atoms with Crippen LogP contribution in [0.2, 0.25) is 0 Å². The van der Waals surface area contributed by atoms with Crippen molar-refractivity contribution in [2.75, 3.05) is 0 Å². The van der Waals surface area contributed by atoms with Crippen LogP contribution in [0.15, 0.2) is 53.1 Å². The standard InChI is InChI=1S/C19H17N3O5/c1-2-12-3-8-17-16(9-12)14(11-27-17)10-18(23)20-21-19(24)13-4-6-15(7-5-13)22(25)26/h3-9,11H,2,10H2,1H3,(H,20,23)(H,21,24). The molecule has 0 atom stereocenters. The molecule has 0 spiro atoms. The number of aryl methyl sites for hydroxylation is 1. The molecule has 8 nitrogen and oxygen atoms in total. The van der Waals surface area contributed by atoms with Gasteiger partial charge >= 0.3 is 0 Å². The molecule has 0 aliphatic rings. The number of hydrazine groups is 1.